The molecular formula is C15H12BrClFNO2. The van der Waals surface area contributed by atoms with Crippen LogP contribution in [0.25, 0.3) is 0 Å². The van der Waals surface area contributed by atoms with Crippen LogP contribution in [0.1, 0.15) is 5.56 Å². The summed E-state index contributed by atoms with van der Waals surface area (Å²) in [6.45, 7) is 0.0880. The van der Waals surface area contributed by atoms with Gasteiger partial charge in [0.1, 0.15) is 0 Å². The summed E-state index contributed by atoms with van der Waals surface area (Å²) in [5.74, 6) is -0.819. The van der Waals surface area contributed by atoms with E-state index in [9.17, 15) is 9.18 Å². The molecule has 0 heterocycles. The largest absolute Gasteiger partial charge is 0.481 e. The highest BCUT2D eigenvalue weighted by Crippen LogP contribution is 2.21. The first-order valence-electron chi connectivity index (χ1n) is 6.13. The second-order valence-corrected chi connectivity index (χ2v) is 5.62. The van der Waals surface area contributed by atoms with Gasteiger partial charge in [-0.2, -0.15) is 0 Å². The third-order valence-electron chi connectivity index (χ3n) is 2.63. The molecule has 1 amide bonds. The monoisotopic (exact) mass is 371 g/mol. The van der Waals surface area contributed by atoms with Crippen molar-refractivity contribution in [2.45, 2.75) is 6.54 Å². The average molecular weight is 373 g/mol. The molecule has 0 aliphatic carbocycles. The zero-order valence-electron chi connectivity index (χ0n) is 10.9. The van der Waals surface area contributed by atoms with E-state index in [-0.39, 0.29) is 18.3 Å². The maximum absolute atomic E-state index is 13.5. The summed E-state index contributed by atoms with van der Waals surface area (Å²) in [6, 6.07) is 11.5. The Labute approximate surface area is 135 Å². The lowest BCUT2D eigenvalue weighted by atomic mass is 10.2. The number of rotatable bonds is 5. The number of amides is 1. The number of halogens is 3. The summed E-state index contributed by atoms with van der Waals surface area (Å²) in [5.41, 5.74) is 0.880. The first kappa shape index (κ1) is 15.8. The van der Waals surface area contributed by atoms with E-state index in [4.69, 9.17) is 16.3 Å². The Bertz CT molecular complexity index is 651. The molecule has 0 saturated carbocycles. The molecule has 0 fully saturated rings. The van der Waals surface area contributed by atoms with Crippen LogP contribution in [-0.4, -0.2) is 12.5 Å². The molecule has 110 valence electrons. The van der Waals surface area contributed by atoms with Gasteiger partial charge in [0, 0.05) is 16.0 Å². The zero-order chi connectivity index (χ0) is 15.2. The lowest BCUT2D eigenvalue weighted by molar-refractivity contribution is -0.123. The predicted molar refractivity (Wildman–Crippen MR) is 82.9 cm³/mol. The van der Waals surface area contributed by atoms with Crippen molar-refractivity contribution in [1.82, 2.24) is 5.32 Å². The minimum atomic E-state index is -0.521. The van der Waals surface area contributed by atoms with Gasteiger partial charge < -0.3 is 10.1 Å². The van der Waals surface area contributed by atoms with Gasteiger partial charge in [-0.25, -0.2) is 4.39 Å². The van der Waals surface area contributed by atoms with E-state index >= 15 is 0 Å². The second kappa shape index (κ2) is 7.43. The number of benzene rings is 2. The van der Waals surface area contributed by atoms with Crippen LogP contribution in [0.2, 0.25) is 5.02 Å². The van der Waals surface area contributed by atoms with Gasteiger partial charge in [0.25, 0.3) is 5.91 Å². The van der Waals surface area contributed by atoms with Crippen LogP contribution in [0.4, 0.5) is 4.39 Å². The Morgan fingerprint density at radius 3 is 2.81 bits per heavy atom. The summed E-state index contributed by atoms with van der Waals surface area (Å²) < 4.78 is 19.2. The number of carbonyl (C=O) groups excluding carboxylic acids is 1. The Kier molecular flexibility index (Phi) is 5.59. The fraction of sp³-hybridized carbons (Fsp3) is 0.133. The molecule has 0 unspecified atom stereocenters. The molecule has 0 saturated heterocycles. The summed E-state index contributed by atoms with van der Waals surface area (Å²) in [7, 11) is 0. The third-order valence-corrected chi connectivity index (χ3v) is 3.36. The first-order valence-corrected chi connectivity index (χ1v) is 7.30. The fourth-order valence-corrected chi connectivity index (χ4v) is 2.18. The SMILES string of the molecule is O=C(COc1ccc(Br)cc1F)NCc1cccc(Cl)c1. The van der Waals surface area contributed by atoms with Crippen molar-refractivity contribution >= 4 is 33.4 Å². The Morgan fingerprint density at radius 2 is 2.10 bits per heavy atom. The van der Waals surface area contributed by atoms with E-state index in [1.165, 1.54) is 12.1 Å². The average Bonchev–Trinajstić information content (AvgIpc) is 2.44. The molecule has 0 aromatic heterocycles. The number of carbonyl (C=O) groups is 1. The van der Waals surface area contributed by atoms with Crippen LogP contribution >= 0.6 is 27.5 Å². The molecule has 0 radical (unpaired) electrons. The van der Waals surface area contributed by atoms with Crippen LogP contribution in [0.15, 0.2) is 46.9 Å². The Balaban J connectivity index is 1.82. The minimum absolute atomic E-state index is 0.0381. The van der Waals surface area contributed by atoms with Crippen LogP contribution in [0, 0.1) is 5.82 Å². The highest BCUT2D eigenvalue weighted by Gasteiger charge is 2.07. The van der Waals surface area contributed by atoms with E-state index < -0.39 is 5.82 Å². The predicted octanol–water partition coefficient (Wildman–Crippen LogP) is 3.94. The molecule has 0 spiro atoms. The topological polar surface area (TPSA) is 38.3 Å². The molecule has 21 heavy (non-hydrogen) atoms. The molecule has 2 aromatic rings. The van der Waals surface area contributed by atoms with Gasteiger partial charge in [-0.05, 0) is 35.9 Å². The molecule has 0 aliphatic heterocycles. The van der Waals surface area contributed by atoms with Crippen molar-refractivity contribution in [1.29, 1.82) is 0 Å². The Hall–Kier alpha value is -1.59. The van der Waals surface area contributed by atoms with E-state index in [2.05, 4.69) is 21.2 Å². The summed E-state index contributed by atoms with van der Waals surface area (Å²) in [4.78, 5) is 11.7. The molecule has 0 bridgehead atoms. The van der Waals surface area contributed by atoms with Crippen molar-refractivity contribution in [2.24, 2.45) is 0 Å². The number of hydrogen-bond acceptors (Lipinski definition) is 2. The Morgan fingerprint density at radius 1 is 1.29 bits per heavy atom. The minimum Gasteiger partial charge on any atom is -0.481 e. The van der Waals surface area contributed by atoms with Gasteiger partial charge in [-0.1, -0.05) is 39.7 Å². The van der Waals surface area contributed by atoms with Crippen LogP contribution in [0.5, 0.6) is 5.75 Å². The highest BCUT2D eigenvalue weighted by atomic mass is 79.9. The zero-order valence-corrected chi connectivity index (χ0v) is 13.2. The summed E-state index contributed by atoms with van der Waals surface area (Å²) in [5, 5.41) is 3.28. The van der Waals surface area contributed by atoms with E-state index in [0.29, 0.717) is 16.0 Å². The molecule has 2 rings (SSSR count). The standard InChI is InChI=1S/C15H12BrClFNO2/c16-11-4-5-14(13(18)7-11)21-9-15(20)19-8-10-2-1-3-12(17)6-10/h1-7H,8-9H2,(H,19,20). The van der Waals surface area contributed by atoms with Gasteiger partial charge in [0.15, 0.2) is 18.2 Å². The third kappa shape index (κ3) is 5.02. The number of nitrogens with one attached hydrogen (secondary N) is 1. The lowest BCUT2D eigenvalue weighted by Crippen LogP contribution is -2.28. The quantitative estimate of drug-likeness (QED) is 0.863. The molecule has 1 N–H and O–H groups in total. The molecule has 3 nitrogen and oxygen atoms in total. The normalized spacial score (nSPS) is 10.2. The maximum atomic E-state index is 13.5. The second-order valence-electron chi connectivity index (χ2n) is 4.27. The van der Waals surface area contributed by atoms with Crippen molar-refractivity contribution in [3.8, 4) is 5.75 Å². The van der Waals surface area contributed by atoms with Gasteiger partial charge in [-0.15, -0.1) is 0 Å². The maximum Gasteiger partial charge on any atom is 0.258 e. The highest BCUT2D eigenvalue weighted by molar-refractivity contribution is 9.10. The number of hydrogen-bond donors (Lipinski definition) is 1. The molecule has 0 atom stereocenters. The summed E-state index contributed by atoms with van der Waals surface area (Å²) >= 11 is 9.00. The van der Waals surface area contributed by atoms with E-state index in [0.717, 1.165) is 5.56 Å². The van der Waals surface area contributed by atoms with E-state index in [1.54, 1.807) is 24.3 Å². The van der Waals surface area contributed by atoms with Gasteiger partial charge in [0.2, 0.25) is 0 Å². The van der Waals surface area contributed by atoms with Gasteiger partial charge >= 0.3 is 0 Å². The van der Waals surface area contributed by atoms with Crippen LogP contribution in [-0.2, 0) is 11.3 Å². The van der Waals surface area contributed by atoms with Crippen LogP contribution < -0.4 is 10.1 Å². The lowest BCUT2D eigenvalue weighted by Gasteiger charge is -2.08. The number of ether oxygens (including phenoxy) is 1. The van der Waals surface area contributed by atoms with Crippen LogP contribution in [0.3, 0.4) is 0 Å². The smallest absolute Gasteiger partial charge is 0.258 e. The van der Waals surface area contributed by atoms with Crippen molar-refractivity contribution in [3.63, 3.8) is 0 Å². The first-order chi connectivity index (χ1) is 10.0. The molecule has 6 heteroatoms. The van der Waals surface area contributed by atoms with Crippen molar-refractivity contribution in [2.75, 3.05) is 6.61 Å². The molecule has 2 aromatic carbocycles. The summed E-state index contributed by atoms with van der Waals surface area (Å²) in [6.07, 6.45) is 0. The molecule has 0 aliphatic rings. The van der Waals surface area contributed by atoms with Gasteiger partial charge in [0.05, 0.1) is 0 Å². The van der Waals surface area contributed by atoms with Crippen molar-refractivity contribution in [3.05, 3.63) is 63.3 Å². The van der Waals surface area contributed by atoms with E-state index in [1.807, 2.05) is 6.07 Å². The van der Waals surface area contributed by atoms with Crippen molar-refractivity contribution < 1.29 is 13.9 Å². The molecular weight excluding hydrogens is 361 g/mol. The fourth-order valence-electron chi connectivity index (χ4n) is 1.63. The van der Waals surface area contributed by atoms with Gasteiger partial charge in [-0.3, -0.25) is 4.79 Å².